The number of nitrogens with one attached hydrogen (secondary N) is 1. The predicted molar refractivity (Wildman–Crippen MR) is 103 cm³/mol. The van der Waals surface area contributed by atoms with Crippen LogP contribution in [0, 0.1) is 0 Å². The Labute approximate surface area is 162 Å². The van der Waals surface area contributed by atoms with E-state index in [1.54, 1.807) is 24.3 Å². The lowest BCUT2D eigenvalue weighted by Crippen LogP contribution is -2.28. The molecule has 0 radical (unpaired) electrons. The number of carbonyl (C=O) groups excluding carboxylic acids is 1. The van der Waals surface area contributed by atoms with Gasteiger partial charge >= 0.3 is 6.55 Å². The summed E-state index contributed by atoms with van der Waals surface area (Å²) in [5.41, 5.74) is 2.32. The SMILES string of the molecule is CC(=NOCC(=O)NCCC1=CCCCC1)c1nc2ccccc2n1C(F)F. The van der Waals surface area contributed by atoms with Crippen molar-refractivity contribution in [3.63, 3.8) is 0 Å². The van der Waals surface area contributed by atoms with Gasteiger partial charge in [-0.05, 0) is 51.2 Å². The van der Waals surface area contributed by atoms with Crippen molar-refractivity contribution >= 4 is 22.7 Å². The van der Waals surface area contributed by atoms with Gasteiger partial charge < -0.3 is 10.2 Å². The minimum atomic E-state index is -2.76. The molecule has 1 amide bonds. The summed E-state index contributed by atoms with van der Waals surface area (Å²) in [4.78, 5) is 21.1. The molecule has 1 aromatic carbocycles. The molecule has 0 saturated heterocycles. The second kappa shape index (κ2) is 9.43. The lowest BCUT2D eigenvalue weighted by atomic mass is 9.97. The minimum Gasteiger partial charge on any atom is -0.385 e. The Morgan fingerprint density at radius 2 is 2.18 bits per heavy atom. The largest absolute Gasteiger partial charge is 0.385 e. The first-order valence-electron chi connectivity index (χ1n) is 9.43. The Balaban J connectivity index is 1.54. The number of carbonyl (C=O) groups is 1. The van der Waals surface area contributed by atoms with Gasteiger partial charge in [0, 0.05) is 6.54 Å². The number of para-hydroxylation sites is 2. The van der Waals surface area contributed by atoms with Crippen LogP contribution in [0.15, 0.2) is 41.1 Å². The maximum absolute atomic E-state index is 13.5. The van der Waals surface area contributed by atoms with Gasteiger partial charge in [0.1, 0.15) is 5.71 Å². The quantitative estimate of drug-likeness (QED) is 0.418. The van der Waals surface area contributed by atoms with Gasteiger partial charge in [0.2, 0.25) is 0 Å². The molecule has 0 saturated carbocycles. The zero-order valence-electron chi connectivity index (χ0n) is 15.8. The van der Waals surface area contributed by atoms with Gasteiger partial charge in [-0.1, -0.05) is 28.9 Å². The van der Waals surface area contributed by atoms with E-state index in [0.717, 1.165) is 23.8 Å². The van der Waals surface area contributed by atoms with Gasteiger partial charge in [-0.2, -0.15) is 8.78 Å². The van der Waals surface area contributed by atoms with Gasteiger partial charge in [-0.25, -0.2) is 4.98 Å². The third-order valence-electron chi connectivity index (χ3n) is 4.67. The summed E-state index contributed by atoms with van der Waals surface area (Å²) in [6.45, 7) is -0.957. The second-order valence-electron chi connectivity index (χ2n) is 6.73. The topological polar surface area (TPSA) is 68.5 Å². The van der Waals surface area contributed by atoms with Gasteiger partial charge in [0.25, 0.3) is 5.91 Å². The number of benzene rings is 1. The van der Waals surface area contributed by atoms with E-state index in [-0.39, 0.29) is 24.1 Å². The summed E-state index contributed by atoms with van der Waals surface area (Å²) >= 11 is 0. The van der Waals surface area contributed by atoms with Crippen LogP contribution in [0.1, 0.15) is 51.4 Å². The molecule has 0 bridgehead atoms. The minimum absolute atomic E-state index is 0.0147. The molecule has 1 N–H and O–H groups in total. The fourth-order valence-electron chi connectivity index (χ4n) is 3.27. The third-order valence-corrected chi connectivity index (χ3v) is 4.67. The standard InChI is InChI=1S/C20H24F2N4O2/c1-14(19-24-16-9-5-6-10-17(16)26(19)20(21)22)25-28-13-18(27)23-12-11-15-7-3-2-4-8-15/h5-7,9-10,20H,2-4,8,11-13H2,1H3,(H,23,27). The van der Waals surface area contributed by atoms with E-state index in [4.69, 9.17) is 4.84 Å². The summed E-state index contributed by atoms with van der Waals surface area (Å²) in [6, 6.07) is 6.62. The smallest absolute Gasteiger partial charge is 0.320 e. The number of imidazole rings is 1. The summed E-state index contributed by atoms with van der Waals surface area (Å²) < 4.78 is 27.7. The normalized spacial score (nSPS) is 15.0. The zero-order chi connectivity index (χ0) is 19.9. The molecule has 150 valence electrons. The molecule has 0 unspecified atom stereocenters. The van der Waals surface area contributed by atoms with Crippen molar-refractivity contribution in [2.75, 3.05) is 13.2 Å². The van der Waals surface area contributed by atoms with Crippen molar-refractivity contribution in [1.82, 2.24) is 14.9 Å². The van der Waals surface area contributed by atoms with Gasteiger partial charge in [-0.15, -0.1) is 0 Å². The van der Waals surface area contributed by atoms with Gasteiger partial charge in [0.05, 0.1) is 11.0 Å². The molecule has 0 atom stereocenters. The van der Waals surface area contributed by atoms with E-state index in [1.165, 1.54) is 25.3 Å². The molecule has 1 aliphatic carbocycles. The summed E-state index contributed by atoms with van der Waals surface area (Å²) in [5.74, 6) is -0.281. The van der Waals surface area contributed by atoms with Crippen LogP contribution < -0.4 is 5.32 Å². The summed E-state index contributed by atoms with van der Waals surface area (Å²) in [5, 5.41) is 6.58. The molecule has 1 aliphatic rings. The number of alkyl halides is 2. The van der Waals surface area contributed by atoms with Gasteiger partial charge in [0.15, 0.2) is 12.4 Å². The first kappa shape index (κ1) is 20.0. The molecule has 3 rings (SSSR count). The lowest BCUT2D eigenvalue weighted by Gasteiger charge is -2.12. The zero-order valence-corrected chi connectivity index (χ0v) is 15.8. The molecule has 0 fully saturated rings. The fourth-order valence-corrected chi connectivity index (χ4v) is 3.27. The van der Waals surface area contributed by atoms with E-state index >= 15 is 0 Å². The molecular formula is C20H24F2N4O2. The number of amides is 1. The molecule has 8 heteroatoms. The van der Waals surface area contributed by atoms with E-state index in [0.29, 0.717) is 17.6 Å². The number of fused-ring (bicyclic) bond motifs is 1. The third kappa shape index (κ3) is 4.94. The summed E-state index contributed by atoms with van der Waals surface area (Å²) in [6.07, 6.45) is 7.74. The van der Waals surface area contributed by atoms with Crippen LogP contribution in [0.3, 0.4) is 0 Å². The van der Waals surface area contributed by atoms with Crippen molar-refractivity contribution < 1.29 is 18.4 Å². The monoisotopic (exact) mass is 390 g/mol. The number of nitrogens with zero attached hydrogens (tertiary/aromatic N) is 3. The number of rotatable bonds is 8. The molecular weight excluding hydrogens is 366 g/mol. The van der Waals surface area contributed by atoms with Crippen molar-refractivity contribution in [2.45, 2.75) is 45.6 Å². The van der Waals surface area contributed by atoms with Crippen molar-refractivity contribution in [3.05, 3.63) is 41.7 Å². The van der Waals surface area contributed by atoms with Crippen molar-refractivity contribution in [3.8, 4) is 0 Å². The molecule has 1 heterocycles. The van der Waals surface area contributed by atoms with E-state index in [2.05, 4.69) is 21.5 Å². The molecule has 6 nitrogen and oxygen atoms in total. The van der Waals surface area contributed by atoms with Crippen LogP contribution in [0.4, 0.5) is 8.78 Å². The fraction of sp³-hybridized carbons (Fsp3) is 0.450. The van der Waals surface area contributed by atoms with Crippen molar-refractivity contribution in [1.29, 1.82) is 0 Å². The number of halogens is 2. The highest BCUT2D eigenvalue weighted by atomic mass is 19.3. The molecule has 0 aliphatic heterocycles. The summed E-state index contributed by atoms with van der Waals surface area (Å²) in [7, 11) is 0. The number of aromatic nitrogens is 2. The molecule has 28 heavy (non-hydrogen) atoms. The van der Waals surface area contributed by atoms with Gasteiger partial charge in [-0.3, -0.25) is 9.36 Å². The van der Waals surface area contributed by atoms with Crippen LogP contribution in [-0.4, -0.2) is 34.3 Å². The first-order chi connectivity index (χ1) is 13.6. The van der Waals surface area contributed by atoms with Crippen LogP contribution in [0.25, 0.3) is 11.0 Å². The number of hydrogen-bond donors (Lipinski definition) is 1. The van der Waals surface area contributed by atoms with E-state index < -0.39 is 6.55 Å². The number of oxime groups is 1. The first-order valence-corrected chi connectivity index (χ1v) is 9.43. The van der Waals surface area contributed by atoms with Crippen LogP contribution in [-0.2, 0) is 9.63 Å². The Hall–Kier alpha value is -2.77. The highest BCUT2D eigenvalue weighted by Crippen LogP contribution is 2.23. The highest BCUT2D eigenvalue weighted by Gasteiger charge is 2.19. The number of allylic oxidation sites excluding steroid dienone is 1. The maximum Gasteiger partial charge on any atom is 0.320 e. The Bertz CT molecular complexity index is 889. The predicted octanol–water partition coefficient (Wildman–Crippen LogP) is 4.18. The second-order valence-corrected chi connectivity index (χ2v) is 6.73. The Kier molecular flexibility index (Phi) is 6.73. The van der Waals surface area contributed by atoms with Crippen LogP contribution >= 0.6 is 0 Å². The van der Waals surface area contributed by atoms with E-state index in [9.17, 15) is 13.6 Å². The van der Waals surface area contributed by atoms with Crippen LogP contribution in [0.5, 0.6) is 0 Å². The maximum atomic E-state index is 13.5. The number of hydrogen-bond acceptors (Lipinski definition) is 4. The molecule has 1 aromatic heterocycles. The average molecular weight is 390 g/mol. The lowest BCUT2D eigenvalue weighted by molar-refractivity contribution is -0.125. The average Bonchev–Trinajstić information content (AvgIpc) is 3.09. The Morgan fingerprint density at radius 3 is 2.93 bits per heavy atom. The van der Waals surface area contributed by atoms with Crippen molar-refractivity contribution in [2.24, 2.45) is 5.16 Å². The van der Waals surface area contributed by atoms with Crippen LogP contribution in [0.2, 0.25) is 0 Å². The molecule has 0 spiro atoms. The Morgan fingerprint density at radius 1 is 1.36 bits per heavy atom. The molecule has 2 aromatic rings. The van der Waals surface area contributed by atoms with E-state index in [1.807, 2.05) is 0 Å². The highest BCUT2D eigenvalue weighted by molar-refractivity contribution is 5.98.